The van der Waals surface area contributed by atoms with Crippen molar-refractivity contribution in [3.63, 3.8) is 0 Å². The molecule has 0 radical (unpaired) electrons. The summed E-state index contributed by atoms with van der Waals surface area (Å²) in [6, 6.07) is 6.35. The predicted octanol–water partition coefficient (Wildman–Crippen LogP) is 1.63. The first-order valence-electron chi connectivity index (χ1n) is 4.86. The van der Waals surface area contributed by atoms with E-state index in [1.165, 1.54) is 0 Å². The molecular formula is C10H12ClNO4S. The minimum atomic E-state index is -3.69. The van der Waals surface area contributed by atoms with Gasteiger partial charge < -0.3 is 4.84 Å². The number of hydrogen-bond acceptors (Lipinski definition) is 4. The van der Waals surface area contributed by atoms with E-state index in [0.717, 1.165) is 0 Å². The van der Waals surface area contributed by atoms with Gasteiger partial charge in [0.1, 0.15) is 0 Å². The predicted molar refractivity (Wildman–Crippen MR) is 63.6 cm³/mol. The lowest BCUT2D eigenvalue weighted by atomic mass is 10.2. The summed E-state index contributed by atoms with van der Waals surface area (Å²) in [5.41, 5.74) is 0.550. The van der Waals surface area contributed by atoms with Crippen molar-refractivity contribution >= 4 is 27.6 Å². The second-order valence-corrected chi connectivity index (χ2v) is 5.42. The second-order valence-electron chi connectivity index (χ2n) is 3.30. The van der Waals surface area contributed by atoms with Gasteiger partial charge in [-0.1, -0.05) is 30.7 Å². The Labute approximate surface area is 105 Å². The number of sulfonamides is 1. The number of rotatable bonds is 5. The molecule has 0 amide bonds. The molecule has 0 unspecified atom stereocenters. The van der Waals surface area contributed by atoms with Gasteiger partial charge in [0.15, 0.2) is 0 Å². The summed E-state index contributed by atoms with van der Waals surface area (Å²) in [5.74, 6) is -0.911. The Kier molecular flexibility index (Phi) is 4.92. The zero-order chi connectivity index (χ0) is 12.9. The zero-order valence-corrected chi connectivity index (χ0v) is 10.7. The minimum absolute atomic E-state index is 0.101. The highest BCUT2D eigenvalue weighted by Gasteiger charge is 2.13. The molecule has 0 saturated carbocycles. The first-order valence-corrected chi connectivity index (χ1v) is 6.89. The largest absolute Gasteiger partial charge is 0.356 e. The molecule has 0 aliphatic carbocycles. The van der Waals surface area contributed by atoms with Gasteiger partial charge >= 0.3 is 5.97 Å². The van der Waals surface area contributed by atoms with Crippen molar-refractivity contribution in [1.82, 2.24) is 4.89 Å². The van der Waals surface area contributed by atoms with Crippen LogP contribution in [0.4, 0.5) is 0 Å². The van der Waals surface area contributed by atoms with Gasteiger partial charge in [-0.25, -0.2) is 8.42 Å². The minimum Gasteiger partial charge on any atom is -0.356 e. The first-order chi connectivity index (χ1) is 7.93. The van der Waals surface area contributed by atoms with E-state index in [4.69, 9.17) is 11.6 Å². The Morgan fingerprint density at radius 3 is 2.47 bits per heavy atom. The number of nitrogens with one attached hydrogen (secondary N) is 1. The number of halogens is 1. The van der Waals surface area contributed by atoms with Gasteiger partial charge in [-0.2, -0.15) is 0 Å². The molecule has 5 nitrogen and oxygen atoms in total. The van der Waals surface area contributed by atoms with Crippen LogP contribution in [0.1, 0.15) is 18.9 Å². The van der Waals surface area contributed by atoms with E-state index in [1.807, 2.05) is 0 Å². The molecule has 0 aliphatic heterocycles. The van der Waals surface area contributed by atoms with E-state index in [2.05, 4.69) is 4.84 Å². The van der Waals surface area contributed by atoms with E-state index in [1.54, 1.807) is 36.1 Å². The number of carbonyl (C=O) groups excluding carboxylic acids is 1. The Morgan fingerprint density at radius 2 is 1.94 bits per heavy atom. The highest BCUT2D eigenvalue weighted by Crippen LogP contribution is 2.11. The number of hydrogen-bond donors (Lipinski definition) is 1. The molecule has 0 heterocycles. The van der Waals surface area contributed by atoms with Crippen LogP contribution in [0.15, 0.2) is 24.3 Å². The Bertz CT molecular complexity index is 484. The summed E-state index contributed by atoms with van der Waals surface area (Å²) < 4.78 is 23.0. The molecule has 17 heavy (non-hydrogen) atoms. The molecule has 1 N–H and O–H groups in total. The van der Waals surface area contributed by atoms with E-state index in [-0.39, 0.29) is 12.2 Å². The number of carbonyl (C=O) groups is 1. The molecule has 1 aromatic rings. The topological polar surface area (TPSA) is 72.5 Å². The van der Waals surface area contributed by atoms with Gasteiger partial charge in [-0.15, -0.1) is 0 Å². The van der Waals surface area contributed by atoms with Gasteiger partial charge in [-0.3, -0.25) is 4.79 Å². The highest BCUT2D eigenvalue weighted by atomic mass is 35.5. The molecule has 94 valence electrons. The van der Waals surface area contributed by atoms with E-state index in [0.29, 0.717) is 10.6 Å². The van der Waals surface area contributed by atoms with Gasteiger partial charge in [0, 0.05) is 11.4 Å². The summed E-state index contributed by atoms with van der Waals surface area (Å²) in [7, 11) is -3.69. The average molecular weight is 278 g/mol. The summed E-state index contributed by atoms with van der Waals surface area (Å²) in [5, 5.41) is 0.525. The average Bonchev–Trinajstić information content (AvgIpc) is 2.29. The zero-order valence-electron chi connectivity index (χ0n) is 9.14. The normalized spacial score (nSPS) is 11.2. The van der Waals surface area contributed by atoms with Gasteiger partial charge in [-0.05, 0) is 22.6 Å². The summed E-state index contributed by atoms with van der Waals surface area (Å²) >= 11 is 5.67. The van der Waals surface area contributed by atoms with Crippen molar-refractivity contribution in [1.29, 1.82) is 0 Å². The van der Waals surface area contributed by atoms with Gasteiger partial charge in [0.05, 0.1) is 5.75 Å². The molecule has 0 fully saturated rings. The van der Waals surface area contributed by atoms with Crippen molar-refractivity contribution < 1.29 is 18.0 Å². The Hall–Kier alpha value is -1.11. The lowest BCUT2D eigenvalue weighted by molar-refractivity contribution is -0.146. The van der Waals surface area contributed by atoms with Crippen LogP contribution in [-0.2, 0) is 25.4 Å². The van der Waals surface area contributed by atoms with Crippen LogP contribution in [0.5, 0.6) is 0 Å². The third-order valence-corrected chi connectivity index (χ3v) is 3.14. The quantitative estimate of drug-likeness (QED) is 0.830. The maximum atomic E-state index is 11.5. The fraction of sp³-hybridized carbons (Fsp3) is 0.300. The molecule has 1 rings (SSSR count). The molecule has 0 spiro atoms. The van der Waals surface area contributed by atoms with Gasteiger partial charge in [0.2, 0.25) is 10.0 Å². The first kappa shape index (κ1) is 14.0. The van der Waals surface area contributed by atoms with Crippen LogP contribution in [0.3, 0.4) is 0 Å². The van der Waals surface area contributed by atoms with Crippen LogP contribution in [0.2, 0.25) is 5.02 Å². The fourth-order valence-electron chi connectivity index (χ4n) is 1.01. The van der Waals surface area contributed by atoms with Crippen LogP contribution >= 0.6 is 11.6 Å². The molecule has 0 atom stereocenters. The van der Waals surface area contributed by atoms with E-state index in [9.17, 15) is 13.2 Å². The Morgan fingerprint density at radius 1 is 1.35 bits per heavy atom. The highest BCUT2D eigenvalue weighted by molar-refractivity contribution is 7.88. The van der Waals surface area contributed by atoms with Crippen LogP contribution in [0.25, 0.3) is 0 Å². The van der Waals surface area contributed by atoms with Crippen molar-refractivity contribution in [2.45, 2.75) is 19.1 Å². The smallest absolute Gasteiger partial charge is 0.325 e. The summed E-state index contributed by atoms with van der Waals surface area (Å²) in [6.07, 6.45) is 0.101. The van der Waals surface area contributed by atoms with E-state index >= 15 is 0 Å². The van der Waals surface area contributed by atoms with E-state index < -0.39 is 16.0 Å². The SMILES string of the molecule is CCC(=O)ONS(=O)(=O)Cc1ccc(Cl)cc1. The molecule has 0 aromatic heterocycles. The van der Waals surface area contributed by atoms with Crippen LogP contribution in [-0.4, -0.2) is 14.4 Å². The summed E-state index contributed by atoms with van der Waals surface area (Å²) in [6.45, 7) is 1.57. The lowest BCUT2D eigenvalue weighted by Gasteiger charge is -2.06. The molecule has 0 aliphatic rings. The molecule has 7 heteroatoms. The molecule has 0 bridgehead atoms. The number of benzene rings is 1. The maximum absolute atomic E-state index is 11.5. The van der Waals surface area contributed by atoms with Crippen molar-refractivity contribution in [2.24, 2.45) is 0 Å². The summed E-state index contributed by atoms with van der Waals surface area (Å²) in [4.78, 5) is 16.9. The van der Waals surface area contributed by atoms with Crippen molar-refractivity contribution in [3.05, 3.63) is 34.9 Å². The standard InChI is InChI=1S/C10H12ClNO4S/c1-2-10(13)16-12-17(14,15)7-8-3-5-9(11)6-4-8/h3-6,12H,2,7H2,1H3. The van der Waals surface area contributed by atoms with Crippen LogP contribution < -0.4 is 4.89 Å². The second kappa shape index (κ2) is 6.00. The van der Waals surface area contributed by atoms with Gasteiger partial charge in [0.25, 0.3) is 0 Å². The molecular weight excluding hydrogens is 266 g/mol. The molecule has 1 aromatic carbocycles. The third-order valence-electron chi connectivity index (χ3n) is 1.84. The lowest BCUT2D eigenvalue weighted by Crippen LogP contribution is -2.28. The fourth-order valence-corrected chi connectivity index (χ4v) is 2.05. The third kappa shape index (κ3) is 5.16. The monoisotopic (exact) mass is 277 g/mol. The van der Waals surface area contributed by atoms with Crippen molar-refractivity contribution in [2.75, 3.05) is 0 Å². The molecule has 0 saturated heterocycles. The Balaban J connectivity index is 2.60. The van der Waals surface area contributed by atoms with Crippen molar-refractivity contribution in [3.8, 4) is 0 Å². The maximum Gasteiger partial charge on any atom is 0.325 e. The van der Waals surface area contributed by atoms with Crippen LogP contribution in [0, 0.1) is 0 Å².